The first-order valence-corrected chi connectivity index (χ1v) is 22.7. The van der Waals surface area contributed by atoms with Gasteiger partial charge in [-0.2, -0.15) is 0 Å². The second-order valence-electron chi connectivity index (χ2n) is 12.6. The Labute approximate surface area is 229 Å². The molecule has 0 bridgehead atoms. The van der Waals surface area contributed by atoms with E-state index in [4.69, 9.17) is 37.2 Å². The first-order chi connectivity index (χ1) is 13.1. The van der Waals surface area contributed by atoms with Gasteiger partial charge in [-0.1, -0.05) is 111 Å². The van der Waals surface area contributed by atoms with Crippen LogP contribution in [0.3, 0.4) is 0 Å². The maximum absolute atomic E-state index is 11.1. The van der Waals surface area contributed by atoms with Gasteiger partial charge in [-0.15, -0.1) is 0 Å². The van der Waals surface area contributed by atoms with E-state index in [1.807, 2.05) is 6.66 Å². The Morgan fingerprint density at radius 1 is 0.452 bits per heavy atom. The predicted octanol–water partition coefficient (Wildman–Crippen LogP) is 11.9. The van der Waals surface area contributed by atoms with Crippen LogP contribution in [0.4, 0.5) is 0 Å². The summed E-state index contributed by atoms with van der Waals surface area (Å²) in [5.41, 5.74) is 0. The summed E-state index contributed by atoms with van der Waals surface area (Å²) in [5, 5.41) is 21.5. The van der Waals surface area contributed by atoms with E-state index in [1.165, 1.54) is 0 Å². The molecule has 190 valence electrons. The molecule has 0 aliphatic carbocycles. The van der Waals surface area contributed by atoms with Gasteiger partial charge in [-0.3, -0.25) is 0 Å². The number of nitrogens with zero attached hydrogens (tertiary/aromatic N) is 2. The fourth-order valence-corrected chi connectivity index (χ4v) is 12.1. The van der Waals surface area contributed by atoms with Crippen LogP contribution in [-0.2, 0) is 34.1 Å². The molecule has 0 atom stereocenters. The molecule has 0 aliphatic heterocycles. The molecule has 0 unspecified atom stereocenters. The van der Waals surface area contributed by atoms with Crippen LogP contribution in [0.15, 0.2) is 0 Å². The van der Waals surface area contributed by atoms with Crippen molar-refractivity contribution in [2.45, 2.75) is 130 Å². The van der Waals surface area contributed by atoms with E-state index in [2.05, 4.69) is 104 Å². The predicted molar refractivity (Wildman–Crippen MR) is 149 cm³/mol. The summed E-state index contributed by atoms with van der Waals surface area (Å²) in [6, 6.07) is 0. The summed E-state index contributed by atoms with van der Waals surface area (Å²) in [7, 11) is 15.7. The molecule has 0 aliphatic rings. The number of rotatable bonds is 0. The monoisotopic (exact) mass is 626 g/mol. The number of halogens is 4. The van der Waals surface area contributed by atoms with Gasteiger partial charge in [0.15, 0.2) is 0 Å². The Morgan fingerprint density at radius 2 is 0.581 bits per heavy atom. The van der Waals surface area contributed by atoms with Gasteiger partial charge in [0, 0.05) is 0 Å². The molecule has 0 radical (unpaired) electrons. The van der Waals surface area contributed by atoms with E-state index < -0.39 is 48.2 Å². The van der Waals surface area contributed by atoms with Crippen LogP contribution in [-0.4, -0.2) is 32.4 Å². The Bertz CT molecular complexity index is 518. The Balaban J connectivity index is -0.000000190. The molecule has 0 fully saturated rings. The van der Waals surface area contributed by atoms with Crippen molar-refractivity contribution in [3.8, 4) is 0 Å². The Morgan fingerprint density at radius 3 is 0.581 bits per heavy atom. The first kappa shape index (κ1) is 41.2. The molecule has 0 aromatic rings. The van der Waals surface area contributed by atoms with Crippen LogP contribution < -0.4 is 0 Å². The van der Waals surface area contributed by atoms with Crippen molar-refractivity contribution in [2.24, 2.45) is 0 Å². The zero-order valence-electron chi connectivity index (χ0n) is 22.8. The molecule has 0 N–H and O–H groups in total. The van der Waals surface area contributed by atoms with Crippen molar-refractivity contribution in [1.82, 2.24) is 0 Å². The Kier molecular flexibility index (Phi) is 20.4. The van der Waals surface area contributed by atoms with E-state index >= 15 is 0 Å². The summed E-state index contributed by atoms with van der Waals surface area (Å²) in [4.78, 5) is 0. The fraction of sp³-hybridized carbons (Fsp3) is 1.00. The third-order valence-electron chi connectivity index (χ3n) is 5.52. The normalized spacial score (nSPS) is 13.4. The van der Waals surface area contributed by atoms with Crippen molar-refractivity contribution in [3.05, 3.63) is 10.3 Å². The van der Waals surface area contributed by atoms with Crippen molar-refractivity contribution < 1.29 is 34.1 Å². The number of hydrogen-bond donors (Lipinski definition) is 0. The van der Waals surface area contributed by atoms with Gasteiger partial charge in [-0.05, 0) is 25.8 Å². The first-order valence-electron chi connectivity index (χ1n) is 10.2. The minimum absolute atomic E-state index is 0.0104. The maximum atomic E-state index is 11.1. The summed E-state index contributed by atoms with van der Waals surface area (Å²) in [6.45, 7) is 34.2. The molecule has 0 aromatic heterocycles. The van der Waals surface area contributed by atoms with Crippen molar-refractivity contribution in [2.75, 3.05) is 6.66 Å². The molecular formula is C21H48Cl4N2P2Ti2-2. The van der Waals surface area contributed by atoms with Gasteiger partial charge < -0.3 is 10.3 Å². The van der Waals surface area contributed by atoms with Crippen LogP contribution in [0.1, 0.15) is 104 Å². The average Bonchev–Trinajstić information content (AvgIpc) is 2.42. The molecular weight excluding hydrogens is 580 g/mol. The minimum atomic E-state index is -2.02. The van der Waals surface area contributed by atoms with Crippen molar-refractivity contribution in [3.63, 3.8) is 0 Å². The van der Waals surface area contributed by atoms with E-state index in [0.29, 0.717) is 0 Å². The van der Waals surface area contributed by atoms with E-state index in [0.717, 1.165) is 0 Å². The van der Waals surface area contributed by atoms with Gasteiger partial charge in [0.25, 0.3) is 0 Å². The topological polar surface area (TPSA) is 44.6 Å². The fourth-order valence-electron chi connectivity index (χ4n) is 4.02. The zero-order valence-corrected chi connectivity index (χ0v) is 30.7. The molecule has 0 aromatic carbocycles. The van der Waals surface area contributed by atoms with Gasteiger partial charge >= 0.3 is 71.3 Å². The van der Waals surface area contributed by atoms with Crippen molar-refractivity contribution >= 4 is 51.3 Å². The third-order valence-corrected chi connectivity index (χ3v) is 16.6. The number of hydrogen-bond acceptors (Lipinski definition) is 0. The molecule has 0 saturated carbocycles. The summed E-state index contributed by atoms with van der Waals surface area (Å²) in [6.07, 6.45) is 0. The summed E-state index contributed by atoms with van der Waals surface area (Å²) in [5.74, 6) is 0. The molecule has 10 heteroatoms. The molecule has 0 amide bonds. The van der Waals surface area contributed by atoms with Gasteiger partial charge in [0.05, 0.1) is 0 Å². The van der Waals surface area contributed by atoms with E-state index in [-0.39, 0.29) is 25.8 Å². The van der Waals surface area contributed by atoms with Crippen LogP contribution in [0.2, 0.25) is 0 Å². The standard InChI is InChI=1S/C12H27NP.C9H21NP.4ClH.2Ti/c1-10(2,3)14(13,11(4,5)6)12(7,8)9;1-8(2,3)11(7,10)9(4,5)6;;;;;;/h1-9H3;1-7H3;4*1H;;/q2*-1;;;;;2*+2/p-4. The molecule has 0 heterocycles. The molecule has 0 saturated heterocycles. The van der Waals surface area contributed by atoms with Gasteiger partial charge in [0.1, 0.15) is 0 Å². The second-order valence-corrected chi connectivity index (χ2v) is 27.6. The Hall–Kier alpha value is 3.05. The average molecular weight is 628 g/mol. The van der Waals surface area contributed by atoms with Crippen LogP contribution >= 0.6 is 51.3 Å². The summed E-state index contributed by atoms with van der Waals surface area (Å²) >= 11 is -1.11. The van der Waals surface area contributed by atoms with Crippen LogP contribution in [0, 0.1) is 0 Å². The summed E-state index contributed by atoms with van der Waals surface area (Å²) < 4.78 is 0. The van der Waals surface area contributed by atoms with E-state index in [1.54, 1.807) is 0 Å². The van der Waals surface area contributed by atoms with Crippen LogP contribution in [0.25, 0.3) is 10.3 Å². The molecule has 0 spiro atoms. The third kappa shape index (κ3) is 13.8. The molecule has 0 rings (SSSR count). The van der Waals surface area contributed by atoms with Gasteiger partial charge in [-0.25, -0.2) is 14.1 Å². The molecule has 2 nitrogen and oxygen atoms in total. The quantitative estimate of drug-likeness (QED) is 0.189. The van der Waals surface area contributed by atoms with Gasteiger partial charge in [0.2, 0.25) is 0 Å². The second kappa shape index (κ2) is 15.3. The van der Waals surface area contributed by atoms with E-state index in [9.17, 15) is 10.3 Å². The zero-order chi connectivity index (χ0) is 26.9. The SMILES string of the molecule is CC(C)(C)P(=[N-])(C(C)(C)C)C(C)(C)C.CC(C)(C)P(C)(=[N-])C(C)(C)C.[Cl][Ti][Cl].[Cl][Ti][Cl]. The van der Waals surface area contributed by atoms with Crippen LogP contribution in [0.5, 0.6) is 0 Å². The molecule has 31 heavy (non-hydrogen) atoms. The van der Waals surface area contributed by atoms with Crippen molar-refractivity contribution in [1.29, 1.82) is 0 Å².